The number of hydrogen-bond acceptors (Lipinski definition) is 4. The summed E-state index contributed by atoms with van der Waals surface area (Å²) in [4.78, 5) is 10.6. The Morgan fingerprint density at radius 3 is 2.13 bits per heavy atom. The molecule has 114 valence electrons. The van der Waals surface area contributed by atoms with Gasteiger partial charge in [-0.25, -0.2) is 0 Å². The molecule has 3 aromatic rings. The van der Waals surface area contributed by atoms with Crippen LogP contribution >= 0.6 is 0 Å². The smallest absolute Gasteiger partial charge is 0.311 e. The van der Waals surface area contributed by atoms with Gasteiger partial charge in [0.15, 0.2) is 5.75 Å². The lowest BCUT2D eigenvalue weighted by molar-refractivity contribution is -0.385. The largest absolute Gasteiger partial charge is 0.448 e. The molecule has 0 spiro atoms. The highest BCUT2D eigenvalue weighted by Gasteiger charge is 2.15. The molecule has 3 rings (SSSR count). The number of nitro benzene ring substituents is 1. The Kier molecular flexibility index (Phi) is 4.20. The zero-order valence-corrected chi connectivity index (χ0v) is 12.2. The third-order valence-electron chi connectivity index (χ3n) is 3.22. The van der Waals surface area contributed by atoms with Crippen molar-refractivity contribution in [2.24, 2.45) is 0 Å². The van der Waals surface area contributed by atoms with E-state index in [2.05, 4.69) is 5.32 Å². The van der Waals surface area contributed by atoms with Gasteiger partial charge in [0.05, 0.1) is 10.6 Å². The first-order valence-corrected chi connectivity index (χ1v) is 7.06. The number of ether oxygens (including phenoxy) is 1. The first-order valence-electron chi connectivity index (χ1n) is 7.06. The highest BCUT2D eigenvalue weighted by molar-refractivity contribution is 5.67. The first kappa shape index (κ1) is 14.6. The van der Waals surface area contributed by atoms with E-state index in [0.29, 0.717) is 5.75 Å². The van der Waals surface area contributed by atoms with E-state index in [1.807, 2.05) is 48.5 Å². The normalized spacial score (nSPS) is 10.1. The lowest BCUT2D eigenvalue weighted by Crippen LogP contribution is -1.96. The topological polar surface area (TPSA) is 64.4 Å². The molecule has 5 nitrogen and oxygen atoms in total. The number of rotatable bonds is 5. The second-order valence-electron chi connectivity index (χ2n) is 4.81. The Labute approximate surface area is 133 Å². The number of hydrogen-bond donors (Lipinski definition) is 1. The third kappa shape index (κ3) is 3.47. The van der Waals surface area contributed by atoms with Crippen LogP contribution in [0.4, 0.5) is 17.1 Å². The molecule has 0 atom stereocenters. The predicted octanol–water partition coefficient (Wildman–Crippen LogP) is 5.13. The van der Waals surface area contributed by atoms with Crippen molar-refractivity contribution in [3.8, 4) is 11.5 Å². The van der Waals surface area contributed by atoms with E-state index < -0.39 is 4.92 Å². The van der Waals surface area contributed by atoms with Gasteiger partial charge in [0.25, 0.3) is 0 Å². The molecule has 0 aliphatic heterocycles. The Morgan fingerprint density at radius 2 is 1.39 bits per heavy atom. The molecule has 0 aliphatic carbocycles. The Bertz CT molecular complexity index is 819. The van der Waals surface area contributed by atoms with Gasteiger partial charge in [-0.3, -0.25) is 10.1 Å². The zero-order chi connectivity index (χ0) is 16.1. The molecule has 0 unspecified atom stereocenters. The Hall–Kier alpha value is -3.34. The summed E-state index contributed by atoms with van der Waals surface area (Å²) in [6, 6.07) is 23.3. The minimum Gasteiger partial charge on any atom is -0.448 e. The molecule has 23 heavy (non-hydrogen) atoms. The molecule has 0 aliphatic rings. The van der Waals surface area contributed by atoms with Crippen molar-refractivity contribution >= 4 is 17.1 Å². The monoisotopic (exact) mass is 306 g/mol. The van der Waals surface area contributed by atoms with Crippen LogP contribution in [0.3, 0.4) is 0 Å². The molecule has 0 aromatic heterocycles. The third-order valence-corrected chi connectivity index (χ3v) is 3.22. The molecule has 1 N–H and O–H groups in total. The van der Waals surface area contributed by atoms with Gasteiger partial charge in [-0.15, -0.1) is 0 Å². The van der Waals surface area contributed by atoms with Gasteiger partial charge >= 0.3 is 5.69 Å². The number of anilines is 2. The van der Waals surface area contributed by atoms with Crippen LogP contribution < -0.4 is 10.1 Å². The van der Waals surface area contributed by atoms with Gasteiger partial charge in [-0.05, 0) is 30.3 Å². The summed E-state index contributed by atoms with van der Waals surface area (Å²) in [6.07, 6.45) is 0. The molecule has 0 radical (unpaired) electrons. The molecular weight excluding hydrogens is 292 g/mol. The average molecular weight is 306 g/mol. The quantitative estimate of drug-likeness (QED) is 0.524. The Morgan fingerprint density at radius 1 is 0.783 bits per heavy atom. The molecule has 5 heteroatoms. The lowest BCUT2D eigenvalue weighted by atomic mass is 10.2. The number of nitro groups is 1. The van der Waals surface area contributed by atoms with Crippen LogP contribution in [-0.4, -0.2) is 4.92 Å². The average Bonchev–Trinajstić information content (AvgIpc) is 2.58. The van der Waals surface area contributed by atoms with Gasteiger partial charge in [0, 0.05) is 11.8 Å². The zero-order valence-electron chi connectivity index (χ0n) is 12.2. The second-order valence-corrected chi connectivity index (χ2v) is 4.81. The number of benzene rings is 3. The van der Waals surface area contributed by atoms with Crippen molar-refractivity contribution in [1.29, 1.82) is 0 Å². The first-order chi connectivity index (χ1) is 11.2. The fourth-order valence-electron chi connectivity index (χ4n) is 2.15. The summed E-state index contributed by atoms with van der Waals surface area (Å²) < 4.78 is 5.77. The van der Waals surface area contributed by atoms with Crippen molar-refractivity contribution in [3.05, 3.63) is 89.0 Å². The van der Waals surface area contributed by atoms with Gasteiger partial charge in [0.2, 0.25) is 5.75 Å². The van der Waals surface area contributed by atoms with Crippen molar-refractivity contribution in [2.45, 2.75) is 0 Å². The maximum Gasteiger partial charge on any atom is 0.311 e. The summed E-state index contributed by atoms with van der Waals surface area (Å²) in [5, 5.41) is 14.3. The maximum atomic E-state index is 11.1. The minimum absolute atomic E-state index is 0.0676. The maximum absolute atomic E-state index is 11.1. The van der Waals surface area contributed by atoms with Crippen molar-refractivity contribution in [3.63, 3.8) is 0 Å². The van der Waals surface area contributed by atoms with Crippen LogP contribution in [0.1, 0.15) is 0 Å². The van der Waals surface area contributed by atoms with E-state index in [1.54, 1.807) is 24.3 Å². The molecule has 0 saturated carbocycles. The van der Waals surface area contributed by atoms with E-state index in [-0.39, 0.29) is 11.4 Å². The van der Waals surface area contributed by atoms with Gasteiger partial charge in [0.1, 0.15) is 0 Å². The highest BCUT2D eigenvalue weighted by Crippen LogP contribution is 2.35. The lowest BCUT2D eigenvalue weighted by Gasteiger charge is -2.13. The predicted molar refractivity (Wildman–Crippen MR) is 89.3 cm³/mol. The van der Waals surface area contributed by atoms with Crippen molar-refractivity contribution in [1.82, 2.24) is 0 Å². The van der Waals surface area contributed by atoms with E-state index in [0.717, 1.165) is 11.4 Å². The van der Waals surface area contributed by atoms with Crippen LogP contribution in [0.2, 0.25) is 0 Å². The standard InChI is InChI=1S/C18H14N2O3/c21-20(22)16-11-5-7-13-18(16)23-17-12-6-4-10-15(17)19-14-8-2-1-3-9-14/h1-13,19H. The van der Waals surface area contributed by atoms with E-state index in [4.69, 9.17) is 4.74 Å². The molecule has 3 aromatic carbocycles. The second kappa shape index (κ2) is 6.62. The summed E-state index contributed by atoms with van der Waals surface area (Å²) in [5.41, 5.74) is 1.57. The fourth-order valence-corrected chi connectivity index (χ4v) is 2.15. The van der Waals surface area contributed by atoms with E-state index in [1.165, 1.54) is 6.07 Å². The Balaban J connectivity index is 1.91. The van der Waals surface area contributed by atoms with Crippen LogP contribution in [0, 0.1) is 10.1 Å². The molecular formula is C18H14N2O3. The molecule has 0 fully saturated rings. The van der Waals surface area contributed by atoms with E-state index >= 15 is 0 Å². The van der Waals surface area contributed by atoms with Crippen LogP contribution in [0.5, 0.6) is 11.5 Å². The summed E-state index contributed by atoms with van der Waals surface area (Å²) in [5.74, 6) is 0.727. The highest BCUT2D eigenvalue weighted by atomic mass is 16.6. The van der Waals surface area contributed by atoms with Gasteiger partial charge in [-0.2, -0.15) is 0 Å². The van der Waals surface area contributed by atoms with Crippen molar-refractivity contribution in [2.75, 3.05) is 5.32 Å². The summed E-state index contributed by atoms with van der Waals surface area (Å²) >= 11 is 0. The molecule has 0 bridgehead atoms. The molecule has 0 amide bonds. The SMILES string of the molecule is O=[N+]([O-])c1ccccc1Oc1ccccc1Nc1ccccc1. The van der Waals surface area contributed by atoms with Crippen molar-refractivity contribution < 1.29 is 9.66 Å². The van der Waals surface area contributed by atoms with Crippen LogP contribution in [-0.2, 0) is 0 Å². The van der Waals surface area contributed by atoms with Gasteiger partial charge in [-0.1, -0.05) is 42.5 Å². The van der Waals surface area contributed by atoms with E-state index in [9.17, 15) is 10.1 Å². The number of nitrogens with one attached hydrogen (secondary N) is 1. The fraction of sp³-hybridized carbons (Fsp3) is 0. The van der Waals surface area contributed by atoms with Crippen LogP contribution in [0.25, 0.3) is 0 Å². The minimum atomic E-state index is -0.456. The summed E-state index contributed by atoms with van der Waals surface area (Å²) in [7, 11) is 0. The van der Waals surface area contributed by atoms with Gasteiger partial charge < -0.3 is 10.1 Å². The molecule has 0 saturated heterocycles. The summed E-state index contributed by atoms with van der Waals surface area (Å²) in [6.45, 7) is 0. The number of para-hydroxylation sites is 5. The molecule has 0 heterocycles. The van der Waals surface area contributed by atoms with Crippen LogP contribution in [0.15, 0.2) is 78.9 Å². The number of nitrogens with zero attached hydrogens (tertiary/aromatic N) is 1.